The number of hydrogen-bond donors (Lipinski definition) is 1. The fraction of sp³-hybridized carbons (Fsp3) is 0.562. The van der Waals surface area contributed by atoms with Crippen molar-refractivity contribution in [1.29, 1.82) is 0 Å². The van der Waals surface area contributed by atoms with Crippen molar-refractivity contribution < 1.29 is 14.3 Å². The zero-order valence-corrected chi connectivity index (χ0v) is 14.0. The van der Waals surface area contributed by atoms with Crippen molar-refractivity contribution in [2.75, 3.05) is 12.3 Å². The highest BCUT2D eigenvalue weighted by molar-refractivity contribution is 8.13. The fourth-order valence-corrected chi connectivity index (χ4v) is 2.04. The quantitative estimate of drug-likeness (QED) is 0.785. The minimum atomic E-state index is -0.0762. The number of thioether (sulfide) groups is 1. The second-order valence-corrected chi connectivity index (χ2v) is 6.07. The van der Waals surface area contributed by atoms with Gasteiger partial charge in [-0.3, -0.25) is 4.79 Å². The molecule has 0 aromatic heterocycles. The summed E-state index contributed by atoms with van der Waals surface area (Å²) in [6.45, 7) is 8.52. The Morgan fingerprint density at radius 3 is 2.10 bits per heavy atom. The SMILES string of the molecule is CCSC(=O)NCC(C)Oc1ccc(OC(C)CC)cc1. The van der Waals surface area contributed by atoms with E-state index in [1.54, 1.807) is 0 Å². The maximum atomic E-state index is 11.4. The first-order valence-corrected chi connectivity index (χ1v) is 8.37. The molecular formula is C16H25NO3S. The van der Waals surface area contributed by atoms with Gasteiger partial charge in [0.15, 0.2) is 0 Å². The van der Waals surface area contributed by atoms with Gasteiger partial charge in [0.2, 0.25) is 0 Å². The van der Waals surface area contributed by atoms with Crippen LogP contribution in [0.5, 0.6) is 11.5 Å². The van der Waals surface area contributed by atoms with E-state index in [2.05, 4.69) is 12.2 Å². The van der Waals surface area contributed by atoms with Gasteiger partial charge in [0.1, 0.15) is 17.6 Å². The van der Waals surface area contributed by atoms with Crippen LogP contribution in [0.4, 0.5) is 4.79 Å². The van der Waals surface area contributed by atoms with Crippen molar-refractivity contribution in [3.63, 3.8) is 0 Å². The van der Waals surface area contributed by atoms with Crippen LogP contribution in [-0.4, -0.2) is 29.7 Å². The summed E-state index contributed by atoms with van der Waals surface area (Å²) in [5, 5.41) is 2.81. The second kappa shape index (κ2) is 9.55. The Hall–Kier alpha value is -1.36. The molecule has 118 valence electrons. The smallest absolute Gasteiger partial charge is 0.279 e. The van der Waals surface area contributed by atoms with Crippen LogP contribution in [0, 0.1) is 0 Å². The Morgan fingerprint density at radius 2 is 1.62 bits per heavy atom. The molecule has 1 aromatic rings. The highest BCUT2D eigenvalue weighted by atomic mass is 32.2. The minimum Gasteiger partial charge on any atom is -0.491 e. The van der Waals surface area contributed by atoms with E-state index in [1.165, 1.54) is 11.8 Å². The lowest BCUT2D eigenvalue weighted by molar-refractivity contribution is 0.210. The lowest BCUT2D eigenvalue weighted by atomic mass is 10.3. The number of ether oxygens (including phenoxy) is 2. The topological polar surface area (TPSA) is 47.6 Å². The standard InChI is InChI=1S/C16H25NO3S/c1-5-12(3)19-14-7-9-15(10-8-14)20-13(4)11-17-16(18)21-6-2/h7-10,12-13H,5-6,11H2,1-4H3,(H,17,18). The third-order valence-corrected chi connectivity index (χ3v) is 3.58. The molecule has 2 atom stereocenters. The highest BCUT2D eigenvalue weighted by Gasteiger charge is 2.07. The van der Waals surface area contributed by atoms with E-state index in [9.17, 15) is 4.79 Å². The zero-order valence-electron chi connectivity index (χ0n) is 13.2. The fourth-order valence-electron chi connectivity index (χ4n) is 1.60. The van der Waals surface area contributed by atoms with Gasteiger partial charge in [0.05, 0.1) is 12.6 Å². The van der Waals surface area contributed by atoms with Crippen LogP contribution in [0.2, 0.25) is 0 Å². The van der Waals surface area contributed by atoms with E-state index in [0.717, 1.165) is 23.7 Å². The van der Waals surface area contributed by atoms with Crippen molar-refractivity contribution in [1.82, 2.24) is 5.32 Å². The van der Waals surface area contributed by atoms with Gasteiger partial charge in [-0.05, 0) is 50.3 Å². The average Bonchev–Trinajstić information content (AvgIpc) is 2.47. The predicted molar refractivity (Wildman–Crippen MR) is 88.4 cm³/mol. The molecule has 0 aliphatic heterocycles. The molecule has 1 rings (SSSR count). The third-order valence-electron chi connectivity index (χ3n) is 2.88. The first-order valence-electron chi connectivity index (χ1n) is 7.39. The van der Waals surface area contributed by atoms with Gasteiger partial charge < -0.3 is 14.8 Å². The summed E-state index contributed by atoms with van der Waals surface area (Å²) in [5.74, 6) is 2.40. The van der Waals surface area contributed by atoms with Crippen LogP contribution in [-0.2, 0) is 0 Å². The summed E-state index contributed by atoms with van der Waals surface area (Å²) in [6.07, 6.45) is 1.11. The van der Waals surface area contributed by atoms with Crippen molar-refractivity contribution in [2.45, 2.75) is 46.3 Å². The Balaban J connectivity index is 2.39. The van der Waals surface area contributed by atoms with Gasteiger partial charge >= 0.3 is 0 Å². The molecule has 1 aromatic carbocycles. The molecule has 0 heterocycles. The Morgan fingerprint density at radius 1 is 1.10 bits per heavy atom. The molecule has 0 fully saturated rings. The van der Waals surface area contributed by atoms with Gasteiger partial charge in [-0.25, -0.2) is 0 Å². The van der Waals surface area contributed by atoms with Crippen LogP contribution in [0.1, 0.15) is 34.1 Å². The first kappa shape index (κ1) is 17.7. The van der Waals surface area contributed by atoms with Gasteiger partial charge in [0.25, 0.3) is 5.24 Å². The predicted octanol–water partition coefficient (Wildman–Crippen LogP) is 4.09. The van der Waals surface area contributed by atoms with Crippen molar-refractivity contribution in [3.05, 3.63) is 24.3 Å². The lowest BCUT2D eigenvalue weighted by Gasteiger charge is -2.16. The van der Waals surface area contributed by atoms with Crippen molar-refractivity contribution in [3.8, 4) is 11.5 Å². The molecule has 0 saturated carbocycles. The second-order valence-electron chi connectivity index (χ2n) is 4.84. The number of hydrogen-bond acceptors (Lipinski definition) is 4. The van der Waals surface area contributed by atoms with Crippen LogP contribution in [0.3, 0.4) is 0 Å². The van der Waals surface area contributed by atoms with Gasteiger partial charge in [-0.1, -0.05) is 25.6 Å². The Labute approximate surface area is 131 Å². The summed E-state index contributed by atoms with van der Waals surface area (Å²) >= 11 is 1.27. The van der Waals surface area contributed by atoms with Crippen LogP contribution in [0.25, 0.3) is 0 Å². The number of nitrogens with one attached hydrogen (secondary N) is 1. The van der Waals surface area contributed by atoms with E-state index >= 15 is 0 Å². The van der Waals surface area contributed by atoms with Crippen LogP contribution >= 0.6 is 11.8 Å². The summed E-state index contributed by atoms with van der Waals surface area (Å²) in [7, 11) is 0. The molecule has 1 amide bonds. The summed E-state index contributed by atoms with van der Waals surface area (Å²) in [4.78, 5) is 11.4. The summed E-state index contributed by atoms with van der Waals surface area (Å²) < 4.78 is 11.5. The van der Waals surface area contributed by atoms with Gasteiger partial charge in [-0.15, -0.1) is 0 Å². The van der Waals surface area contributed by atoms with E-state index < -0.39 is 0 Å². The van der Waals surface area contributed by atoms with Crippen LogP contribution < -0.4 is 14.8 Å². The number of carbonyl (C=O) groups is 1. The molecular weight excluding hydrogens is 286 g/mol. The largest absolute Gasteiger partial charge is 0.491 e. The highest BCUT2D eigenvalue weighted by Crippen LogP contribution is 2.20. The maximum Gasteiger partial charge on any atom is 0.279 e. The van der Waals surface area contributed by atoms with Gasteiger partial charge in [0, 0.05) is 0 Å². The number of benzene rings is 1. The maximum absolute atomic E-state index is 11.4. The molecule has 0 aliphatic rings. The third kappa shape index (κ3) is 7.27. The van der Waals surface area contributed by atoms with E-state index in [4.69, 9.17) is 9.47 Å². The van der Waals surface area contributed by atoms with Gasteiger partial charge in [-0.2, -0.15) is 0 Å². The van der Waals surface area contributed by atoms with E-state index in [1.807, 2.05) is 45.0 Å². The lowest BCUT2D eigenvalue weighted by Crippen LogP contribution is -2.31. The molecule has 5 heteroatoms. The monoisotopic (exact) mass is 311 g/mol. The summed E-state index contributed by atoms with van der Waals surface area (Å²) in [5.41, 5.74) is 0. The molecule has 0 radical (unpaired) electrons. The Kier molecular flexibility index (Phi) is 8.05. The molecule has 2 unspecified atom stereocenters. The van der Waals surface area contributed by atoms with Crippen LogP contribution in [0.15, 0.2) is 24.3 Å². The molecule has 0 spiro atoms. The Bertz CT molecular complexity index is 422. The summed E-state index contributed by atoms with van der Waals surface area (Å²) in [6, 6.07) is 7.58. The van der Waals surface area contributed by atoms with Crippen molar-refractivity contribution in [2.24, 2.45) is 0 Å². The first-order chi connectivity index (χ1) is 10.0. The molecule has 4 nitrogen and oxygen atoms in total. The molecule has 21 heavy (non-hydrogen) atoms. The molecule has 0 aliphatic carbocycles. The molecule has 0 bridgehead atoms. The molecule has 0 saturated heterocycles. The molecule has 1 N–H and O–H groups in total. The average molecular weight is 311 g/mol. The van der Waals surface area contributed by atoms with E-state index in [-0.39, 0.29) is 17.4 Å². The number of amides is 1. The number of carbonyl (C=O) groups excluding carboxylic acids is 1. The zero-order chi connectivity index (χ0) is 15.7. The normalized spacial score (nSPS) is 13.3. The minimum absolute atomic E-state index is 0.00903. The van der Waals surface area contributed by atoms with E-state index in [0.29, 0.717) is 6.54 Å². The number of rotatable bonds is 8. The van der Waals surface area contributed by atoms with Crippen molar-refractivity contribution >= 4 is 17.0 Å².